The number of nitrogens with zero attached hydrogens (tertiary/aromatic N) is 3. The van der Waals surface area contributed by atoms with Crippen molar-refractivity contribution in [1.29, 1.82) is 0 Å². The minimum atomic E-state index is -3.52. The van der Waals surface area contributed by atoms with Crippen LogP contribution in [-0.2, 0) is 14.8 Å². The van der Waals surface area contributed by atoms with Gasteiger partial charge < -0.3 is 4.90 Å². The van der Waals surface area contributed by atoms with Gasteiger partial charge in [0.05, 0.1) is 10.9 Å². The molecule has 2 aromatic rings. The molecule has 0 aliphatic carbocycles. The largest absolute Gasteiger partial charge is 0.314 e. The first-order chi connectivity index (χ1) is 14.2. The summed E-state index contributed by atoms with van der Waals surface area (Å²) < 4.78 is 27.5. The van der Waals surface area contributed by atoms with Crippen LogP contribution in [0.15, 0.2) is 59.5 Å². The quantitative estimate of drug-likeness (QED) is 0.708. The molecule has 6 nitrogen and oxygen atoms in total. The molecule has 3 rings (SSSR count). The van der Waals surface area contributed by atoms with Crippen molar-refractivity contribution in [3.8, 4) is 0 Å². The number of para-hydroxylation sites is 1. The third-order valence-corrected chi connectivity index (χ3v) is 7.75. The zero-order valence-corrected chi connectivity index (χ0v) is 19.0. The minimum Gasteiger partial charge on any atom is -0.314 e. The third kappa shape index (κ3) is 4.74. The van der Waals surface area contributed by atoms with Crippen molar-refractivity contribution in [2.75, 3.05) is 38.1 Å². The molecule has 1 amide bonds. The van der Waals surface area contributed by atoms with E-state index in [9.17, 15) is 13.2 Å². The highest BCUT2D eigenvalue weighted by Crippen LogP contribution is 2.22. The van der Waals surface area contributed by atoms with E-state index in [0.29, 0.717) is 37.0 Å². The lowest BCUT2D eigenvalue weighted by Crippen LogP contribution is -2.55. The monoisotopic (exact) mass is 429 g/mol. The van der Waals surface area contributed by atoms with Gasteiger partial charge in [-0.1, -0.05) is 44.2 Å². The van der Waals surface area contributed by atoms with Gasteiger partial charge >= 0.3 is 0 Å². The summed E-state index contributed by atoms with van der Waals surface area (Å²) in [5.74, 6) is 0.361. The maximum absolute atomic E-state index is 13.0. The third-order valence-electron chi connectivity index (χ3n) is 5.84. The normalized spacial score (nSPS) is 17.1. The van der Waals surface area contributed by atoms with Gasteiger partial charge in [0.2, 0.25) is 15.9 Å². The Hall–Kier alpha value is -2.22. The van der Waals surface area contributed by atoms with E-state index in [1.54, 1.807) is 24.1 Å². The fraction of sp³-hybridized carbons (Fsp3) is 0.435. The first kappa shape index (κ1) is 22.5. The van der Waals surface area contributed by atoms with Gasteiger partial charge in [-0.3, -0.25) is 9.69 Å². The molecule has 1 aliphatic rings. The van der Waals surface area contributed by atoms with E-state index in [1.807, 2.05) is 49.4 Å². The Morgan fingerprint density at radius 1 is 0.900 bits per heavy atom. The number of rotatable bonds is 6. The average molecular weight is 430 g/mol. The highest BCUT2D eigenvalue weighted by atomic mass is 32.2. The van der Waals surface area contributed by atoms with E-state index in [2.05, 4.69) is 18.7 Å². The van der Waals surface area contributed by atoms with E-state index in [4.69, 9.17) is 0 Å². The molecule has 0 saturated carbocycles. The lowest BCUT2D eigenvalue weighted by atomic mass is 10.0. The molecule has 0 N–H and O–H groups in total. The fourth-order valence-electron chi connectivity index (χ4n) is 3.72. The summed E-state index contributed by atoms with van der Waals surface area (Å²) in [5.41, 5.74) is 1.97. The van der Waals surface area contributed by atoms with Gasteiger partial charge in [0.1, 0.15) is 0 Å². The number of carbonyl (C=O) groups excluding carboxylic acids is 1. The summed E-state index contributed by atoms with van der Waals surface area (Å²) in [5, 5.41) is 0. The Balaban J connectivity index is 1.62. The van der Waals surface area contributed by atoms with Gasteiger partial charge in [-0.15, -0.1) is 0 Å². The molecule has 2 aromatic carbocycles. The molecule has 30 heavy (non-hydrogen) atoms. The number of amides is 1. The lowest BCUT2D eigenvalue weighted by Gasteiger charge is -2.37. The minimum absolute atomic E-state index is 0.00165. The number of likely N-dealkylation sites (N-methyl/N-ethyl adjacent to an activating group) is 1. The molecule has 7 heteroatoms. The second kappa shape index (κ2) is 9.29. The standard InChI is InChI=1S/C23H31N3O3S/c1-18(2)20-10-12-22(13-11-20)30(28,29)26-16-14-25(15-17-26)19(3)23(27)24(4)21-8-6-5-7-9-21/h5-13,18-19H,14-17H2,1-4H3/t19-/m1/s1. The molecular formula is C23H31N3O3S. The zero-order chi connectivity index (χ0) is 21.9. The van der Waals surface area contributed by atoms with Crippen LogP contribution in [0.3, 0.4) is 0 Å². The van der Waals surface area contributed by atoms with Crippen LogP contribution in [0.2, 0.25) is 0 Å². The van der Waals surface area contributed by atoms with Gasteiger partial charge in [0, 0.05) is 38.9 Å². The van der Waals surface area contributed by atoms with Crippen LogP contribution < -0.4 is 4.90 Å². The Kier molecular flexibility index (Phi) is 6.95. The summed E-state index contributed by atoms with van der Waals surface area (Å²) in [6, 6.07) is 16.4. The highest BCUT2D eigenvalue weighted by Gasteiger charge is 2.32. The van der Waals surface area contributed by atoms with E-state index < -0.39 is 10.0 Å². The summed E-state index contributed by atoms with van der Waals surface area (Å²) in [6.07, 6.45) is 0. The van der Waals surface area contributed by atoms with Gasteiger partial charge in [-0.2, -0.15) is 4.31 Å². The molecule has 162 valence electrons. The number of piperazine rings is 1. The van der Waals surface area contributed by atoms with Crippen LogP contribution in [0.1, 0.15) is 32.3 Å². The lowest BCUT2D eigenvalue weighted by molar-refractivity contribution is -0.123. The summed E-state index contributed by atoms with van der Waals surface area (Å²) >= 11 is 0. The number of sulfonamides is 1. The Labute approximate surface area is 180 Å². The molecule has 1 heterocycles. The molecule has 0 radical (unpaired) electrons. The number of benzene rings is 2. The highest BCUT2D eigenvalue weighted by molar-refractivity contribution is 7.89. The molecule has 0 aromatic heterocycles. The predicted molar refractivity (Wildman–Crippen MR) is 120 cm³/mol. The van der Waals surface area contributed by atoms with Crippen molar-refractivity contribution < 1.29 is 13.2 Å². The summed E-state index contributed by atoms with van der Waals surface area (Å²) in [7, 11) is -1.75. The van der Waals surface area contributed by atoms with Crippen molar-refractivity contribution in [1.82, 2.24) is 9.21 Å². The van der Waals surface area contributed by atoms with Crippen LogP contribution in [0.5, 0.6) is 0 Å². The summed E-state index contributed by atoms with van der Waals surface area (Å²) in [4.78, 5) is 16.9. The van der Waals surface area contributed by atoms with Crippen molar-refractivity contribution in [2.45, 2.75) is 37.6 Å². The maximum atomic E-state index is 13.0. The van der Waals surface area contributed by atoms with Crippen molar-refractivity contribution in [3.63, 3.8) is 0 Å². The molecule has 0 spiro atoms. The van der Waals surface area contributed by atoms with Crippen LogP contribution in [-0.4, -0.2) is 62.8 Å². The van der Waals surface area contributed by atoms with Crippen molar-refractivity contribution >= 4 is 21.6 Å². The maximum Gasteiger partial charge on any atom is 0.243 e. The van der Waals surface area contributed by atoms with E-state index >= 15 is 0 Å². The topological polar surface area (TPSA) is 60.9 Å². The van der Waals surface area contributed by atoms with E-state index in [0.717, 1.165) is 11.3 Å². The second-order valence-corrected chi connectivity index (χ2v) is 10.0. The van der Waals surface area contributed by atoms with Crippen molar-refractivity contribution in [2.24, 2.45) is 0 Å². The van der Waals surface area contributed by atoms with Gasteiger partial charge in [-0.05, 0) is 42.7 Å². The van der Waals surface area contributed by atoms with Crippen LogP contribution in [0, 0.1) is 0 Å². The Morgan fingerprint density at radius 3 is 2.00 bits per heavy atom. The van der Waals surface area contributed by atoms with Gasteiger partial charge in [-0.25, -0.2) is 8.42 Å². The molecule has 1 atom stereocenters. The number of hydrogen-bond donors (Lipinski definition) is 0. The average Bonchev–Trinajstić information content (AvgIpc) is 2.78. The molecule has 1 aliphatic heterocycles. The molecular weight excluding hydrogens is 398 g/mol. The Morgan fingerprint density at radius 2 is 1.47 bits per heavy atom. The molecule has 0 bridgehead atoms. The first-order valence-corrected chi connectivity index (χ1v) is 11.8. The SMILES string of the molecule is CC(C)c1ccc(S(=O)(=O)N2CCN([C@H](C)C(=O)N(C)c3ccccc3)CC2)cc1. The van der Waals surface area contributed by atoms with E-state index in [1.165, 1.54) is 4.31 Å². The van der Waals surface area contributed by atoms with E-state index in [-0.39, 0.29) is 11.9 Å². The summed E-state index contributed by atoms with van der Waals surface area (Å²) in [6.45, 7) is 7.86. The zero-order valence-electron chi connectivity index (χ0n) is 18.2. The molecule has 1 saturated heterocycles. The Bertz CT molecular complexity index is 951. The smallest absolute Gasteiger partial charge is 0.243 e. The first-order valence-electron chi connectivity index (χ1n) is 10.4. The molecule has 1 fully saturated rings. The second-order valence-electron chi connectivity index (χ2n) is 8.07. The number of carbonyl (C=O) groups is 1. The van der Waals surface area contributed by atoms with Gasteiger partial charge in [0.15, 0.2) is 0 Å². The van der Waals surface area contributed by atoms with Crippen LogP contribution in [0.4, 0.5) is 5.69 Å². The van der Waals surface area contributed by atoms with Crippen molar-refractivity contribution in [3.05, 3.63) is 60.2 Å². The predicted octanol–water partition coefficient (Wildman–Crippen LogP) is 3.17. The van der Waals surface area contributed by atoms with Crippen LogP contribution in [0.25, 0.3) is 0 Å². The number of anilines is 1. The van der Waals surface area contributed by atoms with Crippen LogP contribution >= 0.6 is 0 Å². The number of hydrogen-bond acceptors (Lipinski definition) is 4. The van der Waals surface area contributed by atoms with Gasteiger partial charge in [0.25, 0.3) is 0 Å². The fourth-order valence-corrected chi connectivity index (χ4v) is 5.14. The molecule has 0 unspecified atom stereocenters.